The van der Waals surface area contributed by atoms with Crippen LogP contribution in [0.3, 0.4) is 0 Å². The zero-order valence-electron chi connectivity index (χ0n) is 14.7. The van der Waals surface area contributed by atoms with E-state index in [2.05, 4.69) is 5.32 Å². The minimum absolute atomic E-state index is 0.000592. The number of carbonyl (C=O) groups excluding carboxylic acids is 2. The molecule has 1 amide bonds. The summed E-state index contributed by atoms with van der Waals surface area (Å²) in [6.07, 6.45) is 0.00118. The van der Waals surface area contributed by atoms with Crippen LogP contribution in [-0.2, 0) is 24.2 Å². The van der Waals surface area contributed by atoms with E-state index in [1.807, 2.05) is 24.3 Å². The Kier molecular flexibility index (Phi) is 4.79. The number of nitrogens with one attached hydrogen (secondary N) is 1. The van der Waals surface area contributed by atoms with Gasteiger partial charge in [0.25, 0.3) is 0 Å². The molecule has 1 aromatic heterocycles. The van der Waals surface area contributed by atoms with E-state index in [0.717, 1.165) is 5.39 Å². The van der Waals surface area contributed by atoms with Crippen LogP contribution >= 0.6 is 0 Å². The normalized spacial score (nSPS) is 19.6. The predicted octanol–water partition coefficient (Wildman–Crippen LogP) is 1.77. The average Bonchev–Trinajstić information content (AvgIpc) is 3.06. The highest BCUT2D eigenvalue weighted by Gasteiger charge is 2.46. The molecule has 7 nitrogen and oxygen atoms in total. The second-order valence-electron chi connectivity index (χ2n) is 6.62. The van der Waals surface area contributed by atoms with Gasteiger partial charge in [0.05, 0.1) is 24.5 Å². The van der Waals surface area contributed by atoms with Gasteiger partial charge in [0.2, 0.25) is 5.91 Å². The molecule has 0 spiro atoms. The number of rotatable bonds is 4. The lowest BCUT2D eigenvalue weighted by Crippen LogP contribution is -2.59. The van der Waals surface area contributed by atoms with Gasteiger partial charge in [-0.15, -0.1) is 0 Å². The van der Waals surface area contributed by atoms with Gasteiger partial charge < -0.3 is 14.5 Å². The zero-order chi connectivity index (χ0) is 18.9. The highest BCUT2D eigenvalue weighted by molar-refractivity contribution is 7.91. The van der Waals surface area contributed by atoms with Crippen molar-refractivity contribution < 1.29 is 27.2 Å². The molecule has 1 atom stereocenters. The number of para-hydroxylation sites is 1. The molecule has 1 aliphatic rings. The summed E-state index contributed by atoms with van der Waals surface area (Å²) < 4.78 is 34.0. The summed E-state index contributed by atoms with van der Waals surface area (Å²) >= 11 is 0. The minimum atomic E-state index is -3.20. The average molecular weight is 379 g/mol. The molecule has 1 unspecified atom stereocenters. The summed E-state index contributed by atoms with van der Waals surface area (Å²) in [6, 6.07) is 9.20. The number of carbonyl (C=O) groups is 2. The molecule has 1 aliphatic heterocycles. The Bertz CT molecular complexity index is 898. The van der Waals surface area contributed by atoms with Crippen LogP contribution < -0.4 is 5.32 Å². The molecule has 0 bridgehead atoms. The molecule has 3 rings (SSSR count). The maximum Gasteiger partial charge on any atom is 0.331 e. The number of furan rings is 1. The molecule has 1 fully saturated rings. The Morgan fingerprint density at radius 2 is 1.88 bits per heavy atom. The third-order valence-corrected chi connectivity index (χ3v) is 6.54. The van der Waals surface area contributed by atoms with E-state index in [-0.39, 0.29) is 24.3 Å². The molecule has 0 radical (unpaired) electrons. The number of methoxy groups -OCH3 is 1. The Hall–Kier alpha value is -2.35. The first kappa shape index (κ1) is 18.4. The van der Waals surface area contributed by atoms with E-state index in [4.69, 9.17) is 9.15 Å². The van der Waals surface area contributed by atoms with Crippen molar-refractivity contribution in [1.82, 2.24) is 5.32 Å². The van der Waals surface area contributed by atoms with Crippen LogP contribution in [0.2, 0.25) is 0 Å². The van der Waals surface area contributed by atoms with Gasteiger partial charge in [0, 0.05) is 5.39 Å². The van der Waals surface area contributed by atoms with Gasteiger partial charge in [0.15, 0.2) is 9.84 Å². The molecule has 0 aliphatic carbocycles. The molecule has 2 aromatic rings. The largest absolute Gasteiger partial charge is 0.467 e. The summed E-state index contributed by atoms with van der Waals surface area (Å²) in [5.41, 5.74) is -0.647. The summed E-state index contributed by atoms with van der Waals surface area (Å²) in [7, 11) is -1.97. The fourth-order valence-corrected chi connectivity index (χ4v) is 4.67. The number of hydrogen-bond donors (Lipinski definition) is 1. The van der Waals surface area contributed by atoms with Crippen LogP contribution in [-0.4, -0.2) is 44.4 Å². The lowest BCUT2D eigenvalue weighted by Gasteiger charge is -2.35. The molecule has 1 N–H and O–H groups in total. The van der Waals surface area contributed by atoms with Gasteiger partial charge in [-0.1, -0.05) is 18.2 Å². The number of amides is 1. The van der Waals surface area contributed by atoms with Crippen molar-refractivity contribution in [3.05, 3.63) is 36.1 Å². The van der Waals surface area contributed by atoms with Gasteiger partial charge in [-0.25, -0.2) is 13.2 Å². The maximum atomic E-state index is 12.7. The third-order valence-electron chi connectivity index (χ3n) is 4.88. The number of sulfone groups is 1. The summed E-state index contributed by atoms with van der Waals surface area (Å²) in [4.78, 5) is 25.0. The first-order chi connectivity index (χ1) is 12.3. The van der Waals surface area contributed by atoms with E-state index in [1.54, 1.807) is 13.0 Å². The first-order valence-corrected chi connectivity index (χ1v) is 10.2. The van der Waals surface area contributed by atoms with E-state index in [0.29, 0.717) is 11.3 Å². The van der Waals surface area contributed by atoms with Crippen molar-refractivity contribution in [2.75, 3.05) is 18.6 Å². The topological polar surface area (TPSA) is 103 Å². The molecular formula is C18H21NO6S. The molecule has 8 heteroatoms. The number of ether oxygens (including phenoxy) is 1. The quantitative estimate of drug-likeness (QED) is 0.812. The fourth-order valence-electron chi connectivity index (χ4n) is 3.15. The standard InChI is InChI=1S/C18H21NO6S/c1-12(15-11-13-5-3-4-6-14(13)25-15)16(20)19-18(17(21)24-2)7-9-26(22,23)10-8-18/h3-6,11-12H,7-10H2,1-2H3,(H,19,20). The Balaban J connectivity index is 1.82. The van der Waals surface area contributed by atoms with Crippen LogP contribution in [0, 0.1) is 0 Å². The molecule has 0 saturated carbocycles. The van der Waals surface area contributed by atoms with Crippen LogP contribution in [0.25, 0.3) is 11.0 Å². The molecule has 1 saturated heterocycles. The summed E-state index contributed by atoms with van der Waals surface area (Å²) in [5, 5.41) is 3.61. The maximum absolute atomic E-state index is 12.7. The van der Waals surface area contributed by atoms with Crippen molar-refractivity contribution in [3.8, 4) is 0 Å². The second-order valence-corrected chi connectivity index (χ2v) is 8.93. The third kappa shape index (κ3) is 3.46. The lowest BCUT2D eigenvalue weighted by molar-refractivity contribution is -0.151. The van der Waals surface area contributed by atoms with Crippen molar-refractivity contribution in [2.24, 2.45) is 0 Å². The van der Waals surface area contributed by atoms with Crippen molar-refractivity contribution in [2.45, 2.75) is 31.2 Å². The zero-order valence-corrected chi connectivity index (χ0v) is 15.5. The Morgan fingerprint density at radius 3 is 2.50 bits per heavy atom. The molecule has 2 heterocycles. The van der Waals surface area contributed by atoms with Crippen molar-refractivity contribution in [3.63, 3.8) is 0 Å². The Morgan fingerprint density at radius 1 is 1.23 bits per heavy atom. The highest BCUT2D eigenvalue weighted by atomic mass is 32.2. The van der Waals surface area contributed by atoms with Gasteiger partial charge in [-0.05, 0) is 31.9 Å². The second kappa shape index (κ2) is 6.75. The molecule has 26 heavy (non-hydrogen) atoms. The van der Waals surface area contributed by atoms with Crippen LogP contribution in [0.4, 0.5) is 0 Å². The number of fused-ring (bicyclic) bond motifs is 1. The van der Waals surface area contributed by atoms with Gasteiger partial charge in [0.1, 0.15) is 16.9 Å². The molecule has 1 aromatic carbocycles. The highest BCUT2D eigenvalue weighted by Crippen LogP contribution is 2.29. The molecule has 140 valence electrons. The number of benzene rings is 1. The summed E-state index contributed by atoms with van der Waals surface area (Å²) in [6.45, 7) is 1.68. The monoisotopic (exact) mass is 379 g/mol. The smallest absolute Gasteiger partial charge is 0.331 e. The lowest BCUT2D eigenvalue weighted by atomic mass is 9.91. The minimum Gasteiger partial charge on any atom is -0.467 e. The first-order valence-electron chi connectivity index (χ1n) is 8.36. The van der Waals surface area contributed by atoms with E-state index < -0.39 is 33.2 Å². The van der Waals surface area contributed by atoms with Gasteiger partial charge in [-0.3, -0.25) is 4.79 Å². The van der Waals surface area contributed by atoms with Crippen LogP contribution in [0.1, 0.15) is 31.4 Å². The SMILES string of the molecule is COC(=O)C1(NC(=O)C(C)c2cc3ccccc3o2)CCS(=O)(=O)CC1. The fraction of sp³-hybridized carbons (Fsp3) is 0.444. The van der Waals surface area contributed by atoms with Gasteiger partial charge >= 0.3 is 5.97 Å². The van der Waals surface area contributed by atoms with Crippen molar-refractivity contribution in [1.29, 1.82) is 0 Å². The number of hydrogen-bond acceptors (Lipinski definition) is 6. The van der Waals surface area contributed by atoms with Gasteiger partial charge in [-0.2, -0.15) is 0 Å². The van der Waals surface area contributed by atoms with Crippen LogP contribution in [0.5, 0.6) is 0 Å². The summed E-state index contributed by atoms with van der Waals surface area (Å²) in [5.74, 6) is -1.52. The predicted molar refractivity (Wildman–Crippen MR) is 95.4 cm³/mol. The van der Waals surface area contributed by atoms with E-state index in [9.17, 15) is 18.0 Å². The molecular weight excluding hydrogens is 358 g/mol. The van der Waals surface area contributed by atoms with Crippen molar-refractivity contribution >= 4 is 32.7 Å². The van der Waals surface area contributed by atoms with E-state index >= 15 is 0 Å². The van der Waals surface area contributed by atoms with E-state index in [1.165, 1.54) is 7.11 Å². The Labute approximate surface area is 151 Å². The number of esters is 1. The van der Waals surface area contributed by atoms with Crippen LogP contribution in [0.15, 0.2) is 34.7 Å².